The van der Waals surface area contributed by atoms with Gasteiger partial charge in [0.25, 0.3) is 5.91 Å². The van der Waals surface area contributed by atoms with Crippen molar-refractivity contribution in [2.24, 2.45) is 0 Å². The molecule has 1 aromatic carbocycles. The van der Waals surface area contributed by atoms with Crippen LogP contribution >= 0.6 is 0 Å². The van der Waals surface area contributed by atoms with Crippen LogP contribution in [0, 0.1) is 13.8 Å². The van der Waals surface area contributed by atoms with Crippen LogP contribution in [0.15, 0.2) is 28.8 Å². The van der Waals surface area contributed by atoms with E-state index in [-0.39, 0.29) is 5.91 Å². The van der Waals surface area contributed by atoms with Gasteiger partial charge in [-0.3, -0.25) is 9.63 Å². The predicted molar refractivity (Wildman–Crippen MR) is 75.9 cm³/mol. The molecule has 0 saturated heterocycles. The van der Waals surface area contributed by atoms with Crippen molar-refractivity contribution in [2.75, 3.05) is 14.2 Å². The first-order valence-corrected chi connectivity index (χ1v) is 6.49. The molecule has 0 aliphatic carbocycles. The molecular formula is C15H18N2O4. The van der Waals surface area contributed by atoms with Gasteiger partial charge in [-0.1, -0.05) is 5.16 Å². The fraction of sp³-hybridized carbons (Fsp3) is 0.333. The zero-order valence-electron chi connectivity index (χ0n) is 12.5. The Bertz CT molecular complexity index is 600. The van der Waals surface area contributed by atoms with E-state index in [4.69, 9.17) is 14.1 Å². The number of aryl methyl sites for hydroxylation is 2. The molecule has 0 atom stereocenters. The normalized spacial score (nSPS) is 10.5. The lowest BCUT2D eigenvalue weighted by molar-refractivity contribution is -0.0757. The number of hydroxylamine groups is 2. The molecule has 0 aliphatic rings. The van der Waals surface area contributed by atoms with Gasteiger partial charge in [0.15, 0.2) is 0 Å². The maximum absolute atomic E-state index is 11.9. The third kappa shape index (κ3) is 3.41. The summed E-state index contributed by atoms with van der Waals surface area (Å²) in [4.78, 5) is 16.7. The Hall–Kier alpha value is -2.34. The number of ether oxygens (including phenoxy) is 1. The third-order valence-electron chi connectivity index (χ3n) is 3.23. The molecule has 6 heteroatoms. The number of hydrogen-bond donors (Lipinski definition) is 0. The van der Waals surface area contributed by atoms with Crippen molar-refractivity contribution in [1.82, 2.24) is 10.2 Å². The number of nitrogens with zero attached hydrogens (tertiary/aromatic N) is 2. The van der Waals surface area contributed by atoms with Gasteiger partial charge in [-0.2, -0.15) is 0 Å². The van der Waals surface area contributed by atoms with Crippen LogP contribution in [0.1, 0.15) is 27.4 Å². The first-order valence-electron chi connectivity index (χ1n) is 6.49. The number of rotatable bonds is 5. The van der Waals surface area contributed by atoms with Gasteiger partial charge in [0.05, 0.1) is 18.4 Å². The molecule has 0 saturated carbocycles. The second-order valence-electron chi connectivity index (χ2n) is 4.60. The van der Waals surface area contributed by atoms with Gasteiger partial charge < -0.3 is 9.26 Å². The minimum atomic E-state index is -0.213. The van der Waals surface area contributed by atoms with Crippen molar-refractivity contribution in [1.29, 1.82) is 0 Å². The lowest BCUT2D eigenvalue weighted by Crippen LogP contribution is -2.25. The van der Waals surface area contributed by atoms with Crippen LogP contribution in [-0.4, -0.2) is 30.3 Å². The highest BCUT2D eigenvalue weighted by Crippen LogP contribution is 2.18. The van der Waals surface area contributed by atoms with Crippen LogP contribution in [-0.2, 0) is 11.4 Å². The summed E-state index contributed by atoms with van der Waals surface area (Å²) in [7, 11) is 3.00. The van der Waals surface area contributed by atoms with Crippen molar-refractivity contribution in [2.45, 2.75) is 20.5 Å². The summed E-state index contributed by atoms with van der Waals surface area (Å²) in [5.41, 5.74) is 2.29. The summed E-state index contributed by atoms with van der Waals surface area (Å²) < 4.78 is 10.8. The molecule has 1 amide bonds. The minimum Gasteiger partial charge on any atom is -0.489 e. The largest absolute Gasteiger partial charge is 0.489 e. The summed E-state index contributed by atoms with van der Waals surface area (Å²) in [5, 5.41) is 5.04. The maximum Gasteiger partial charge on any atom is 0.277 e. The van der Waals surface area contributed by atoms with Crippen LogP contribution in [0.2, 0.25) is 0 Å². The van der Waals surface area contributed by atoms with E-state index in [2.05, 4.69) is 5.16 Å². The van der Waals surface area contributed by atoms with Gasteiger partial charge >= 0.3 is 0 Å². The highest BCUT2D eigenvalue weighted by atomic mass is 16.7. The Morgan fingerprint density at radius 2 is 1.95 bits per heavy atom. The van der Waals surface area contributed by atoms with Gasteiger partial charge in [0.1, 0.15) is 18.1 Å². The van der Waals surface area contributed by atoms with Gasteiger partial charge in [0.2, 0.25) is 0 Å². The number of carbonyl (C=O) groups excluding carboxylic acids is 1. The van der Waals surface area contributed by atoms with Gasteiger partial charge in [0, 0.05) is 12.6 Å². The molecular weight excluding hydrogens is 272 g/mol. The second kappa shape index (κ2) is 6.41. The first kappa shape index (κ1) is 15.1. The lowest BCUT2D eigenvalue weighted by atomic mass is 10.2. The average Bonchev–Trinajstić information content (AvgIpc) is 2.83. The van der Waals surface area contributed by atoms with E-state index in [1.165, 1.54) is 12.2 Å². The van der Waals surface area contributed by atoms with Crippen molar-refractivity contribution in [3.63, 3.8) is 0 Å². The molecule has 0 N–H and O–H groups in total. The smallest absolute Gasteiger partial charge is 0.277 e. The predicted octanol–water partition coefficient (Wildman–Crippen LogP) is 2.50. The number of hydrogen-bond acceptors (Lipinski definition) is 5. The molecule has 6 nitrogen and oxygen atoms in total. The van der Waals surface area contributed by atoms with Crippen molar-refractivity contribution in [3.8, 4) is 5.75 Å². The topological polar surface area (TPSA) is 64.8 Å². The summed E-state index contributed by atoms with van der Waals surface area (Å²) in [6.45, 7) is 4.10. The molecule has 2 rings (SSSR count). The number of benzene rings is 1. The highest BCUT2D eigenvalue weighted by molar-refractivity contribution is 5.93. The Labute approximate surface area is 123 Å². The quantitative estimate of drug-likeness (QED) is 0.792. The average molecular weight is 290 g/mol. The van der Waals surface area contributed by atoms with E-state index in [1.54, 1.807) is 31.3 Å². The van der Waals surface area contributed by atoms with Crippen LogP contribution in [0.25, 0.3) is 0 Å². The van der Waals surface area contributed by atoms with Gasteiger partial charge in [-0.15, -0.1) is 0 Å². The Morgan fingerprint density at radius 1 is 1.29 bits per heavy atom. The third-order valence-corrected chi connectivity index (χ3v) is 3.23. The maximum atomic E-state index is 11.9. The molecule has 0 radical (unpaired) electrons. The van der Waals surface area contributed by atoms with Crippen LogP contribution < -0.4 is 4.74 Å². The van der Waals surface area contributed by atoms with Crippen molar-refractivity contribution >= 4 is 5.91 Å². The summed E-state index contributed by atoms with van der Waals surface area (Å²) in [6, 6.07) is 6.88. The number of amides is 1. The molecule has 0 aliphatic heterocycles. The minimum absolute atomic E-state index is 0.213. The summed E-state index contributed by atoms with van der Waals surface area (Å²) in [5.74, 6) is 1.21. The molecule has 0 bridgehead atoms. The van der Waals surface area contributed by atoms with E-state index in [0.29, 0.717) is 17.9 Å². The molecule has 2 aromatic rings. The van der Waals surface area contributed by atoms with Crippen molar-refractivity contribution in [3.05, 3.63) is 46.8 Å². The van der Waals surface area contributed by atoms with E-state index >= 15 is 0 Å². The molecule has 0 spiro atoms. The lowest BCUT2D eigenvalue weighted by Gasteiger charge is -2.13. The van der Waals surface area contributed by atoms with Gasteiger partial charge in [-0.25, -0.2) is 5.06 Å². The second-order valence-corrected chi connectivity index (χ2v) is 4.60. The van der Waals surface area contributed by atoms with Crippen LogP contribution in [0.5, 0.6) is 5.75 Å². The summed E-state index contributed by atoms with van der Waals surface area (Å²) in [6.07, 6.45) is 0. The molecule has 1 heterocycles. The van der Waals surface area contributed by atoms with E-state index in [1.807, 2.05) is 13.8 Å². The van der Waals surface area contributed by atoms with Gasteiger partial charge in [-0.05, 0) is 38.1 Å². The molecule has 21 heavy (non-hydrogen) atoms. The summed E-state index contributed by atoms with van der Waals surface area (Å²) >= 11 is 0. The zero-order chi connectivity index (χ0) is 15.4. The molecule has 1 aromatic heterocycles. The number of carbonyl (C=O) groups is 1. The highest BCUT2D eigenvalue weighted by Gasteiger charge is 2.12. The first-order chi connectivity index (χ1) is 10.0. The standard InChI is InChI=1S/C15H18N2O4/c1-10-14(11(2)21-16-10)9-20-13-7-5-12(6-8-13)15(18)17(3)19-4/h5-8H,9H2,1-4H3. The molecule has 0 fully saturated rings. The Morgan fingerprint density at radius 3 is 2.48 bits per heavy atom. The van der Waals surface area contributed by atoms with Crippen LogP contribution in [0.3, 0.4) is 0 Å². The fourth-order valence-corrected chi connectivity index (χ4v) is 1.82. The van der Waals surface area contributed by atoms with Crippen molar-refractivity contribution < 1.29 is 18.9 Å². The fourth-order valence-electron chi connectivity index (χ4n) is 1.82. The van der Waals surface area contributed by atoms with E-state index in [9.17, 15) is 4.79 Å². The Kier molecular flexibility index (Phi) is 4.59. The molecule has 0 unspecified atom stereocenters. The monoisotopic (exact) mass is 290 g/mol. The Balaban J connectivity index is 2.01. The number of aromatic nitrogens is 1. The van der Waals surface area contributed by atoms with E-state index < -0.39 is 0 Å². The molecule has 112 valence electrons. The zero-order valence-corrected chi connectivity index (χ0v) is 12.5. The van der Waals surface area contributed by atoms with Crippen LogP contribution in [0.4, 0.5) is 0 Å². The SMILES string of the molecule is CON(C)C(=O)c1ccc(OCc2c(C)noc2C)cc1. The van der Waals surface area contributed by atoms with E-state index in [0.717, 1.165) is 17.0 Å².